The molecule has 6 heteroatoms. The molecule has 3 aromatic rings. The number of allylic oxidation sites excluding steroid dienone is 1. The molecule has 0 fully saturated rings. The molecule has 0 spiro atoms. The zero-order valence-corrected chi connectivity index (χ0v) is 15.8. The van der Waals surface area contributed by atoms with Crippen LogP contribution in [0.25, 0.3) is 11.3 Å². The lowest BCUT2D eigenvalue weighted by atomic mass is 9.94. The van der Waals surface area contributed by atoms with Crippen molar-refractivity contribution in [2.45, 2.75) is 12.3 Å². The number of methoxy groups -OCH3 is 2. The first-order valence-electron chi connectivity index (χ1n) is 8.79. The highest BCUT2D eigenvalue weighted by Gasteiger charge is 2.21. The van der Waals surface area contributed by atoms with E-state index in [-0.39, 0.29) is 11.8 Å². The Hall–Kier alpha value is -3.54. The predicted molar refractivity (Wildman–Crippen MR) is 108 cm³/mol. The molecule has 1 N–H and O–H groups in total. The molecule has 0 saturated carbocycles. The van der Waals surface area contributed by atoms with Crippen molar-refractivity contribution in [3.8, 4) is 22.8 Å². The lowest BCUT2D eigenvalue weighted by Crippen LogP contribution is -2.21. The van der Waals surface area contributed by atoms with Gasteiger partial charge >= 0.3 is 0 Å². The summed E-state index contributed by atoms with van der Waals surface area (Å²) in [6, 6.07) is 12.9. The second-order valence-electron chi connectivity index (χ2n) is 6.12. The van der Waals surface area contributed by atoms with E-state index in [0.717, 1.165) is 11.1 Å². The van der Waals surface area contributed by atoms with Crippen LogP contribution in [0, 0.1) is 0 Å². The van der Waals surface area contributed by atoms with Crippen LogP contribution in [0.4, 0.5) is 5.69 Å². The van der Waals surface area contributed by atoms with Crippen LogP contribution in [0.5, 0.6) is 11.5 Å². The number of nitrogens with one attached hydrogen (secondary N) is 1. The third-order valence-electron chi connectivity index (χ3n) is 4.38. The fraction of sp³-hybridized carbons (Fsp3) is 0.182. The number of oxazole rings is 1. The zero-order valence-electron chi connectivity index (χ0n) is 15.8. The largest absolute Gasteiger partial charge is 0.497 e. The molecule has 0 radical (unpaired) electrons. The van der Waals surface area contributed by atoms with Crippen molar-refractivity contribution < 1.29 is 18.7 Å². The molecule has 144 valence electrons. The molecule has 3 rings (SSSR count). The van der Waals surface area contributed by atoms with Gasteiger partial charge in [-0.1, -0.05) is 18.2 Å². The van der Waals surface area contributed by atoms with E-state index in [1.165, 1.54) is 6.39 Å². The first kappa shape index (κ1) is 19.2. The van der Waals surface area contributed by atoms with Crippen molar-refractivity contribution in [1.82, 2.24) is 4.98 Å². The Labute approximate surface area is 163 Å². The zero-order chi connectivity index (χ0) is 19.9. The van der Waals surface area contributed by atoms with Gasteiger partial charge in [0.05, 0.1) is 31.9 Å². The normalized spacial score (nSPS) is 11.5. The molecule has 0 aliphatic heterocycles. The van der Waals surface area contributed by atoms with Gasteiger partial charge in [-0.15, -0.1) is 6.58 Å². The van der Waals surface area contributed by atoms with Crippen LogP contribution in [-0.2, 0) is 4.79 Å². The molecule has 1 heterocycles. The second kappa shape index (κ2) is 8.90. The van der Waals surface area contributed by atoms with Crippen LogP contribution in [0.2, 0.25) is 0 Å². The molecular formula is C22H22N2O4. The van der Waals surface area contributed by atoms with Crippen molar-refractivity contribution in [3.63, 3.8) is 0 Å². The van der Waals surface area contributed by atoms with E-state index in [1.807, 2.05) is 30.3 Å². The number of aromatic nitrogens is 1. The monoisotopic (exact) mass is 378 g/mol. The lowest BCUT2D eigenvalue weighted by molar-refractivity contribution is -0.117. The maximum Gasteiger partial charge on any atom is 0.232 e. The average molecular weight is 378 g/mol. The van der Waals surface area contributed by atoms with Gasteiger partial charge in [0.2, 0.25) is 5.91 Å². The maximum absolute atomic E-state index is 12.9. The highest BCUT2D eigenvalue weighted by Crippen LogP contribution is 2.33. The number of carbonyl (C=O) groups excluding carboxylic acids is 1. The Morgan fingerprint density at radius 1 is 1.25 bits per heavy atom. The molecule has 2 aromatic carbocycles. The minimum Gasteiger partial charge on any atom is -0.497 e. The van der Waals surface area contributed by atoms with E-state index in [2.05, 4.69) is 16.9 Å². The molecule has 0 unspecified atom stereocenters. The summed E-state index contributed by atoms with van der Waals surface area (Å²) in [7, 11) is 3.17. The number of carbonyl (C=O) groups is 1. The van der Waals surface area contributed by atoms with Crippen LogP contribution in [0.1, 0.15) is 17.9 Å². The first-order chi connectivity index (χ1) is 13.7. The number of hydrogen-bond donors (Lipinski definition) is 1. The van der Waals surface area contributed by atoms with Gasteiger partial charge in [-0.05, 0) is 36.2 Å². The number of nitrogens with zero attached hydrogens (tertiary/aromatic N) is 1. The summed E-state index contributed by atoms with van der Waals surface area (Å²) in [5, 5.41) is 2.96. The van der Waals surface area contributed by atoms with Crippen molar-refractivity contribution >= 4 is 11.6 Å². The topological polar surface area (TPSA) is 73.6 Å². The molecular weight excluding hydrogens is 356 g/mol. The molecule has 0 aliphatic carbocycles. The number of rotatable bonds is 8. The summed E-state index contributed by atoms with van der Waals surface area (Å²) in [5.41, 5.74) is 2.25. The molecule has 0 aliphatic rings. The van der Waals surface area contributed by atoms with Crippen molar-refractivity contribution in [2.75, 3.05) is 19.5 Å². The molecule has 28 heavy (non-hydrogen) atoms. The Kier molecular flexibility index (Phi) is 6.11. The highest BCUT2D eigenvalue weighted by molar-refractivity contribution is 5.96. The Balaban J connectivity index is 1.84. The third kappa shape index (κ3) is 4.23. The summed E-state index contributed by atoms with van der Waals surface area (Å²) < 4.78 is 16.0. The van der Waals surface area contributed by atoms with Crippen molar-refractivity contribution in [2.24, 2.45) is 0 Å². The van der Waals surface area contributed by atoms with Gasteiger partial charge < -0.3 is 19.2 Å². The number of hydrogen-bond acceptors (Lipinski definition) is 5. The molecule has 0 bridgehead atoms. The van der Waals surface area contributed by atoms with E-state index >= 15 is 0 Å². The molecule has 1 amide bonds. The van der Waals surface area contributed by atoms with E-state index < -0.39 is 0 Å². The van der Waals surface area contributed by atoms with E-state index in [4.69, 9.17) is 13.9 Å². The Morgan fingerprint density at radius 2 is 2.11 bits per heavy atom. The number of benzene rings is 2. The SMILES string of the molecule is C=CC[C@H](C(=O)Nc1ccc(-c2cnco2)c(OC)c1)c1cccc(OC)c1. The summed E-state index contributed by atoms with van der Waals surface area (Å²) in [6.07, 6.45) is 5.21. The summed E-state index contributed by atoms with van der Waals surface area (Å²) >= 11 is 0. The average Bonchev–Trinajstić information content (AvgIpc) is 3.26. The fourth-order valence-electron chi connectivity index (χ4n) is 2.97. The van der Waals surface area contributed by atoms with E-state index in [9.17, 15) is 4.79 Å². The quantitative estimate of drug-likeness (QED) is 0.577. The number of amides is 1. The van der Waals surface area contributed by atoms with Crippen molar-refractivity contribution in [1.29, 1.82) is 0 Å². The number of ether oxygens (including phenoxy) is 2. The Morgan fingerprint density at radius 3 is 2.79 bits per heavy atom. The summed E-state index contributed by atoms with van der Waals surface area (Å²) in [5.74, 6) is 1.36. The highest BCUT2D eigenvalue weighted by atomic mass is 16.5. The first-order valence-corrected chi connectivity index (χ1v) is 8.79. The standard InChI is InChI=1S/C22H22N2O4/c1-4-6-18(15-7-5-8-17(11-15)26-2)22(25)24-16-9-10-19(20(12-16)27-3)21-13-23-14-28-21/h4-5,7-14,18H,1,6H2,2-3H3,(H,24,25)/t18-/m0/s1. The molecule has 0 saturated heterocycles. The molecule has 1 aromatic heterocycles. The minimum absolute atomic E-state index is 0.136. The summed E-state index contributed by atoms with van der Waals surface area (Å²) in [6.45, 7) is 3.78. The van der Waals surface area contributed by atoms with E-state index in [1.54, 1.807) is 38.6 Å². The number of anilines is 1. The fourth-order valence-corrected chi connectivity index (χ4v) is 2.97. The van der Waals surface area contributed by atoms with Gasteiger partial charge in [-0.3, -0.25) is 4.79 Å². The third-order valence-corrected chi connectivity index (χ3v) is 4.38. The Bertz CT molecular complexity index is 951. The van der Waals surface area contributed by atoms with Crippen LogP contribution in [-0.4, -0.2) is 25.1 Å². The van der Waals surface area contributed by atoms with Gasteiger partial charge in [0.15, 0.2) is 12.2 Å². The molecule has 1 atom stereocenters. The maximum atomic E-state index is 12.9. The van der Waals surface area contributed by atoms with Gasteiger partial charge in [0.1, 0.15) is 11.5 Å². The minimum atomic E-state index is -0.382. The smallest absolute Gasteiger partial charge is 0.232 e. The van der Waals surface area contributed by atoms with Gasteiger partial charge in [-0.2, -0.15) is 0 Å². The van der Waals surface area contributed by atoms with Crippen LogP contribution >= 0.6 is 0 Å². The predicted octanol–water partition coefficient (Wildman–Crippen LogP) is 4.66. The van der Waals surface area contributed by atoms with Gasteiger partial charge in [0, 0.05) is 11.8 Å². The van der Waals surface area contributed by atoms with Crippen molar-refractivity contribution in [3.05, 3.63) is 73.3 Å². The summed E-state index contributed by atoms with van der Waals surface area (Å²) in [4.78, 5) is 16.9. The van der Waals surface area contributed by atoms with Gasteiger partial charge in [0.25, 0.3) is 0 Å². The van der Waals surface area contributed by atoms with E-state index in [0.29, 0.717) is 29.4 Å². The second-order valence-corrected chi connectivity index (χ2v) is 6.12. The van der Waals surface area contributed by atoms with Gasteiger partial charge in [-0.25, -0.2) is 4.98 Å². The lowest BCUT2D eigenvalue weighted by Gasteiger charge is -2.17. The van der Waals surface area contributed by atoms with Crippen LogP contribution < -0.4 is 14.8 Å². The molecule has 6 nitrogen and oxygen atoms in total. The van der Waals surface area contributed by atoms with Crippen LogP contribution in [0.3, 0.4) is 0 Å². The van der Waals surface area contributed by atoms with Crippen LogP contribution in [0.15, 0.2) is 72.1 Å².